The Hall–Kier alpha value is -1.47. The number of benzene rings is 1. The second-order valence-corrected chi connectivity index (χ2v) is 7.34. The van der Waals surface area contributed by atoms with E-state index in [2.05, 4.69) is 10.2 Å². The Bertz CT molecular complexity index is 639. The largest absolute Gasteiger partial charge is 0.416 e. The standard InChI is InChI=1S/C18H23ClF3N3O/c19-15-7-6-13(18(20,21)22)12-16(15)23-17(26)25-10-8-24(9-11-25)14-4-2-1-3-5-14/h6-7,12,14H,1-5,8-11H2,(H,23,26). The van der Waals surface area contributed by atoms with E-state index in [1.807, 2.05) is 0 Å². The number of hydrogen-bond donors (Lipinski definition) is 1. The molecule has 1 N–H and O–H groups in total. The van der Waals surface area contributed by atoms with Gasteiger partial charge in [-0.3, -0.25) is 4.90 Å². The Kier molecular flexibility index (Phi) is 5.97. The zero-order chi connectivity index (χ0) is 18.7. The first kappa shape index (κ1) is 19.3. The smallest absolute Gasteiger partial charge is 0.322 e. The quantitative estimate of drug-likeness (QED) is 0.785. The minimum Gasteiger partial charge on any atom is -0.322 e. The van der Waals surface area contributed by atoms with Crippen LogP contribution in [-0.4, -0.2) is 48.1 Å². The van der Waals surface area contributed by atoms with Gasteiger partial charge in [-0.2, -0.15) is 13.2 Å². The third-order valence-corrected chi connectivity index (χ3v) is 5.56. The maximum atomic E-state index is 12.8. The Morgan fingerprint density at radius 2 is 1.73 bits per heavy atom. The van der Waals surface area contributed by atoms with Crippen molar-refractivity contribution < 1.29 is 18.0 Å². The van der Waals surface area contributed by atoms with Gasteiger partial charge in [-0.15, -0.1) is 0 Å². The third kappa shape index (κ3) is 4.62. The van der Waals surface area contributed by atoms with Crippen LogP contribution in [0.4, 0.5) is 23.7 Å². The van der Waals surface area contributed by atoms with Crippen molar-refractivity contribution in [1.82, 2.24) is 9.80 Å². The molecule has 0 aromatic heterocycles. The molecule has 0 radical (unpaired) electrons. The molecule has 1 aromatic carbocycles. The summed E-state index contributed by atoms with van der Waals surface area (Å²) in [5.74, 6) is 0. The number of alkyl halides is 3. The van der Waals surface area contributed by atoms with E-state index in [0.29, 0.717) is 19.1 Å². The van der Waals surface area contributed by atoms with E-state index in [9.17, 15) is 18.0 Å². The van der Waals surface area contributed by atoms with Crippen molar-refractivity contribution in [2.24, 2.45) is 0 Å². The van der Waals surface area contributed by atoms with Crippen molar-refractivity contribution in [2.45, 2.75) is 44.3 Å². The molecule has 0 bridgehead atoms. The maximum absolute atomic E-state index is 12.8. The summed E-state index contributed by atoms with van der Waals surface area (Å²) in [4.78, 5) is 16.5. The summed E-state index contributed by atoms with van der Waals surface area (Å²) >= 11 is 5.95. The number of amides is 2. The Balaban J connectivity index is 1.57. The zero-order valence-corrected chi connectivity index (χ0v) is 15.2. The van der Waals surface area contributed by atoms with E-state index >= 15 is 0 Å². The van der Waals surface area contributed by atoms with Gasteiger partial charge in [0.1, 0.15) is 0 Å². The van der Waals surface area contributed by atoms with Crippen molar-refractivity contribution in [1.29, 1.82) is 0 Å². The van der Waals surface area contributed by atoms with Crippen LogP contribution in [0.3, 0.4) is 0 Å². The molecule has 2 amide bonds. The molecule has 8 heteroatoms. The van der Waals surface area contributed by atoms with E-state index in [0.717, 1.165) is 31.3 Å². The summed E-state index contributed by atoms with van der Waals surface area (Å²) in [5.41, 5.74) is -0.847. The highest BCUT2D eigenvalue weighted by molar-refractivity contribution is 6.33. The second-order valence-electron chi connectivity index (χ2n) is 6.94. The number of nitrogens with one attached hydrogen (secondary N) is 1. The predicted molar refractivity (Wildman–Crippen MR) is 95.5 cm³/mol. The average molecular weight is 390 g/mol. The first-order valence-electron chi connectivity index (χ1n) is 9.01. The van der Waals surface area contributed by atoms with E-state index < -0.39 is 17.8 Å². The second kappa shape index (κ2) is 8.05. The lowest BCUT2D eigenvalue weighted by Gasteiger charge is -2.40. The molecule has 1 saturated heterocycles. The minimum atomic E-state index is -4.48. The van der Waals surface area contributed by atoms with Gasteiger partial charge in [0, 0.05) is 32.2 Å². The third-order valence-electron chi connectivity index (χ3n) is 5.23. The lowest BCUT2D eigenvalue weighted by Crippen LogP contribution is -2.53. The number of carbonyl (C=O) groups is 1. The summed E-state index contributed by atoms with van der Waals surface area (Å²) < 4.78 is 38.5. The van der Waals surface area contributed by atoms with Crippen molar-refractivity contribution in [2.75, 3.05) is 31.5 Å². The molecule has 1 heterocycles. The van der Waals surface area contributed by atoms with Crippen molar-refractivity contribution in [3.63, 3.8) is 0 Å². The molecule has 1 aliphatic carbocycles. The van der Waals surface area contributed by atoms with E-state index in [1.165, 1.54) is 32.1 Å². The highest BCUT2D eigenvalue weighted by Crippen LogP contribution is 2.34. The molecule has 3 rings (SSSR count). The molecule has 2 fully saturated rings. The van der Waals surface area contributed by atoms with Crippen LogP contribution in [0.15, 0.2) is 18.2 Å². The van der Waals surface area contributed by atoms with Gasteiger partial charge in [0.2, 0.25) is 0 Å². The molecule has 1 aromatic rings. The van der Waals surface area contributed by atoms with Crippen LogP contribution in [0.2, 0.25) is 5.02 Å². The molecular formula is C18H23ClF3N3O. The van der Waals surface area contributed by atoms with Crippen LogP contribution in [0, 0.1) is 0 Å². The molecule has 4 nitrogen and oxygen atoms in total. The number of rotatable bonds is 2. The minimum absolute atomic E-state index is 0.0128. The van der Waals surface area contributed by atoms with Crippen LogP contribution < -0.4 is 5.32 Å². The average Bonchev–Trinajstić information content (AvgIpc) is 2.63. The van der Waals surface area contributed by atoms with Gasteiger partial charge in [0.25, 0.3) is 0 Å². The molecule has 2 aliphatic rings. The predicted octanol–water partition coefficient (Wildman–Crippen LogP) is 4.84. The molecule has 1 aliphatic heterocycles. The molecule has 1 saturated carbocycles. The van der Waals surface area contributed by atoms with Gasteiger partial charge in [-0.05, 0) is 31.0 Å². The van der Waals surface area contributed by atoms with Crippen molar-refractivity contribution in [3.8, 4) is 0 Å². The van der Waals surface area contributed by atoms with Crippen LogP contribution in [0.25, 0.3) is 0 Å². The summed E-state index contributed by atoms with van der Waals surface area (Å²) in [6.07, 6.45) is 1.78. The topological polar surface area (TPSA) is 35.6 Å². The zero-order valence-electron chi connectivity index (χ0n) is 14.5. The van der Waals surface area contributed by atoms with Crippen LogP contribution in [0.5, 0.6) is 0 Å². The van der Waals surface area contributed by atoms with Gasteiger partial charge in [0.05, 0.1) is 16.3 Å². The number of hydrogen-bond acceptors (Lipinski definition) is 2. The maximum Gasteiger partial charge on any atom is 0.416 e. The summed E-state index contributed by atoms with van der Waals surface area (Å²) in [5, 5.41) is 2.61. The number of piperazine rings is 1. The number of anilines is 1. The molecular weight excluding hydrogens is 367 g/mol. The van der Waals surface area contributed by atoms with Crippen LogP contribution in [0.1, 0.15) is 37.7 Å². The van der Waals surface area contributed by atoms with Gasteiger partial charge in [-0.25, -0.2) is 4.79 Å². The summed E-state index contributed by atoms with van der Waals surface area (Å²) in [6, 6.07) is 3.13. The van der Waals surface area contributed by atoms with Crippen LogP contribution >= 0.6 is 11.6 Å². The monoisotopic (exact) mass is 389 g/mol. The lowest BCUT2D eigenvalue weighted by atomic mass is 9.94. The first-order valence-corrected chi connectivity index (χ1v) is 9.39. The van der Waals surface area contributed by atoms with E-state index in [1.54, 1.807) is 4.90 Å². The fourth-order valence-corrected chi connectivity index (χ4v) is 3.89. The number of urea groups is 1. The van der Waals surface area contributed by atoms with E-state index in [4.69, 9.17) is 11.6 Å². The molecule has 144 valence electrons. The molecule has 0 atom stereocenters. The number of halogens is 4. The van der Waals surface area contributed by atoms with Crippen molar-refractivity contribution >= 4 is 23.3 Å². The van der Waals surface area contributed by atoms with E-state index in [-0.39, 0.29) is 10.7 Å². The highest BCUT2D eigenvalue weighted by Gasteiger charge is 2.32. The fourth-order valence-electron chi connectivity index (χ4n) is 3.73. The molecule has 0 unspecified atom stereocenters. The Morgan fingerprint density at radius 1 is 1.08 bits per heavy atom. The van der Waals surface area contributed by atoms with Gasteiger partial charge in [0.15, 0.2) is 0 Å². The summed E-state index contributed by atoms with van der Waals surface area (Å²) in [6.45, 7) is 2.74. The highest BCUT2D eigenvalue weighted by atomic mass is 35.5. The fraction of sp³-hybridized carbons (Fsp3) is 0.611. The molecule has 0 spiro atoms. The Labute approximate surface area is 156 Å². The summed E-state index contributed by atoms with van der Waals surface area (Å²) in [7, 11) is 0. The normalized spacial score (nSPS) is 20.2. The SMILES string of the molecule is O=C(Nc1cc(C(F)(F)F)ccc1Cl)N1CCN(C2CCCCC2)CC1. The first-order chi connectivity index (χ1) is 12.3. The number of carbonyl (C=O) groups excluding carboxylic acids is 1. The van der Waals surface area contributed by atoms with Crippen LogP contribution in [-0.2, 0) is 6.18 Å². The van der Waals surface area contributed by atoms with Gasteiger partial charge < -0.3 is 10.2 Å². The lowest BCUT2D eigenvalue weighted by molar-refractivity contribution is -0.137. The van der Waals surface area contributed by atoms with Crippen molar-refractivity contribution in [3.05, 3.63) is 28.8 Å². The van der Waals surface area contributed by atoms with Gasteiger partial charge in [-0.1, -0.05) is 30.9 Å². The Morgan fingerprint density at radius 3 is 2.35 bits per heavy atom. The number of nitrogens with zero attached hydrogens (tertiary/aromatic N) is 2. The van der Waals surface area contributed by atoms with Gasteiger partial charge >= 0.3 is 12.2 Å². The molecule has 26 heavy (non-hydrogen) atoms.